The predicted octanol–water partition coefficient (Wildman–Crippen LogP) is 4.79. The number of benzene rings is 2. The van der Waals surface area contributed by atoms with Gasteiger partial charge in [0.15, 0.2) is 5.76 Å². The third kappa shape index (κ3) is 5.12. The summed E-state index contributed by atoms with van der Waals surface area (Å²) in [7, 11) is 2.18. The molecule has 6 rings (SSSR count). The molecular formula is C29H32N6O. The Labute approximate surface area is 212 Å². The molecule has 4 heterocycles. The fourth-order valence-electron chi connectivity index (χ4n) is 5.00. The van der Waals surface area contributed by atoms with Crippen LogP contribution in [0.25, 0.3) is 11.5 Å². The minimum atomic E-state index is 0.569. The minimum absolute atomic E-state index is 0.569. The number of aromatic nitrogens is 2. The molecule has 7 heteroatoms. The van der Waals surface area contributed by atoms with Gasteiger partial charge in [-0.3, -0.25) is 4.90 Å². The van der Waals surface area contributed by atoms with E-state index in [9.17, 15) is 0 Å². The summed E-state index contributed by atoms with van der Waals surface area (Å²) in [6.45, 7) is 7.16. The van der Waals surface area contributed by atoms with Gasteiger partial charge in [0.2, 0.25) is 5.95 Å². The lowest BCUT2D eigenvalue weighted by atomic mass is 10.1. The second kappa shape index (κ2) is 10.1. The lowest BCUT2D eigenvalue weighted by Crippen LogP contribution is -2.44. The standard InChI is InChI=1S/C29H32N6O/c1-33-15-17-35(18-16-33)25-9-7-24(8-10-25)31-29-30-13-11-26(32-29)28-19-23-21-34(14-12-27(23)36-28)20-22-5-3-2-4-6-22/h2-11,13,19H,12,14-18,20-21H2,1H3,(H,30,31,32). The van der Waals surface area contributed by atoms with E-state index in [2.05, 4.69) is 92.7 Å². The second-order valence-electron chi connectivity index (χ2n) is 9.73. The van der Waals surface area contributed by atoms with Crippen LogP contribution in [-0.2, 0) is 19.5 Å². The first-order chi connectivity index (χ1) is 17.7. The van der Waals surface area contributed by atoms with E-state index in [-0.39, 0.29) is 0 Å². The molecule has 4 aromatic rings. The highest BCUT2D eigenvalue weighted by Gasteiger charge is 2.22. The average molecular weight is 481 g/mol. The van der Waals surface area contributed by atoms with Gasteiger partial charge in [0.05, 0.1) is 0 Å². The monoisotopic (exact) mass is 480 g/mol. The van der Waals surface area contributed by atoms with Crippen molar-refractivity contribution in [3.8, 4) is 11.5 Å². The third-order valence-electron chi connectivity index (χ3n) is 7.09. The number of piperazine rings is 1. The largest absolute Gasteiger partial charge is 0.459 e. The van der Waals surface area contributed by atoms with Crippen molar-refractivity contribution < 1.29 is 4.42 Å². The highest BCUT2D eigenvalue weighted by molar-refractivity contribution is 5.62. The Kier molecular flexibility index (Phi) is 6.40. The SMILES string of the molecule is CN1CCN(c2ccc(Nc3nccc(-c4cc5c(o4)CCN(Cc4ccccc4)C5)n3)cc2)CC1. The first-order valence-electron chi connectivity index (χ1n) is 12.7. The highest BCUT2D eigenvalue weighted by atomic mass is 16.3. The van der Waals surface area contributed by atoms with Gasteiger partial charge >= 0.3 is 0 Å². The van der Waals surface area contributed by atoms with Crippen molar-refractivity contribution in [2.45, 2.75) is 19.5 Å². The van der Waals surface area contributed by atoms with Crippen molar-refractivity contribution in [1.82, 2.24) is 19.8 Å². The van der Waals surface area contributed by atoms with Gasteiger partial charge in [-0.2, -0.15) is 0 Å². The quantitative estimate of drug-likeness (QED) is 0.426. The Morgan fingerprint density at radius 1 is 0.917 bits per heavy atom. The van der Waals surface area contributed by atoms with Crippen LogP contribution in [0.4, 0.5) is 17.3 Å². The molecule has 0 unspecified atom stereocenters. The third-order valence-corrected chi connectivity index (χ3v) is 7.09. The summed E-state index contributed by atoms with van der Waals surface area (Å²) in [4.78, 5) is 16.4. The van der Waals surface area contributed by atoms with Crippen LogP contribution in [0.5, 0.6) is 0 Å². The molecule has 184 valence electrons. The van der Waals surface area contributed by atoms with Crippen molar-refractivity contribution in [3.63, 3.8) is 0 Å². The van der Waals surface area contributed by atoms with Crippen LogP contribution in [0.3, 0.4) is 0 Å². The Balaban J connectivity index is 1.12. The van der Waals surface area contributed by atoms with E-state index in [4.69, 9.17) is 9.40 Å². The maximum atomic E-state index is 6.23. The molecule has 0 atom stereocenters. The first kappa shape index (κ1) is 22.8. The summed E-state index contributed by atoms with van der Waals surface area (Å²) >= 11 is 0. The number of likely N-dealkylation sites (N-methyl/N-ethyl adjacent to an activating group) is 1. The van der Waals surface area contributed by atoms with E-state index < -0.39 is 0 Å². The van der Waals surface area contributed by atoms with Crippen LogP contribution in [0.2, 0.25) is 0 Å². The molecule has 0 radical (unpaired) electrons. The van der Waals surface area contributed by atoms with Crippen LogP contribution in [0.15, 0.2) is 77.3 Å². The number of nitrogens with one attached hydrogen (secondary N) is 1. The molecule has 0 aliphatic carbocycles. The number of hydrogen-bond acceptors (Lipinski definition) is 7. The van der Waals surface area contributed by atoms with Gasteiger partial charge < -0.3 is 19.5 Å². The summed E-state index contributed by atoms with van der Waals surface area (Å²) in [5.74, 6) is 2.44. The summed E-state index contributed by atoms with van der Waals surface area (Å²) < 4.78 is 6.23. The van der Waals surface area contributed by atoms with E-state index in [0.29, 0.717) is 5.95 Å². The van der Waals surface area contributed by atoms with Crippen molar-refractivity contribution in [3.05, 3.63) is 89.8 Å². The normalized spacial score (nSPS) is 16.6. The molecule has 1 saturated heterocycles. The fraction of sp³-hybridized carbons (Fsp3) is 0.310. The molecule has 0 bridgehead atoms. The van der Waals surface area contributed by atoms with Crippen LogP contribution in [0, 0.1) is 0 Å². The molecule has 2 aliphatic rings. The van der Waals surface area contributed by atoms with Gasteiger partial charge in [-0.15, -0.1) is 0 Å². The van der Waals surface area contributed by atoms with Crippen LogP contribution in [0.1, 0.15) is 16.9 Å². The number of fused-ring (bicyclic) bond motifs is 1. The van der Waals surface area contributed by atoms with Gasteiger partial charge in [0.1, 0.15) is 11.5 Å². The summed E-state index contributed by atoms with van der Waals surface area (Å²) in [5, 5.41) is 3.35. The van der Waals surface area contributed by atoms with Gasteiger partial charge in [0, 0.05) is 75.4 Å². The molecule has 2 aromatic heterocycles. The van der Waals surface area contributed by atoms with E-state index >= 15 is 0 Å². The molecule has 0 saturated carbocycles. The van der Waals surface area contributed by atoms with Crippen molar-refractivity contribution in [2.24, 2.45) is 0 Å². The molecular weight excluding hydrogens is 448 g/mol. The lowest BCUT2D eigenvalue weighted by Gasteiger charge is -2.34. The average Bonchev–Trinajstić information content (AvgIpc) is 3.34. The molecule has 1 fully saturated rings. The van der Waals surface area contributed by atoms with E-state index in [1.807, 2.05) is 6.07 Å². The van der Waals surface area contributed by atoms with Crippen molar-refractivity contribution in [2.75, 3.05) is 50.0 Å². The maximum absolute atomic E-state index is 6.23. The molecule has 36 heavy (non-hydrogen) atoms. The van der Waals surface area contributed by atoms with Gasteiger partial charge in [-0.05, 0) is 49.0 Å². The Hall–Kier alpha value is -3.68. The van der Waals surface area contributed by atoms with Crippen LogP contribution >= 0.6 is 0 Å². The molecule has 1 N–H and O–H groups in total. The van der Waals surface area contributed by atoms with Gasteiger partial charge in [-0.25, -0.2) is 9.97 Å². The summed E-state index contributed by atoms with van der Waals surface area (Å²) in [6, 6.07) is 23.2. The van der Waals surface area contributed by atoms with E-state index in [0.717, 1.165) is 75.1 Å². The van der Waals surface area contributed by atoms with Crippen molar-refractivity contribution >= 4 is 17.3 Å². The molecule has 2 aromatic carbocycles. The number of furan rings is 1. The number of hydrogen-bond donors (Lipinski definition) is 1. The Morgan fingerprint density at radius 2 is 1.72 bits per heavy atom. The zero-order valence-corrected chi connectivity index (χ0v) is 20.7. The molecule has 7 nitrogen and oxygen atoms in total. The lowest BCUT2D eigenvalue weighted by molar-refractivity contribution is 0.234. The predicted molar refractivity (Wildman–Crippen MR) is 143 cm³/mol. The number of rotatable bonds is 6. The Morgan fingerprint density at radius 3 is 2.53 bits per heavy atom. The topological polar surface area (TPSA) is 60.7 Å². The van der Waals surface area contributed by atoms with Gasteiger partial charge in [0.25, 0.3) is 0 Å². The number of anilines is 3. The molecule has 2 aliphatic heterocycles. The molecule has 0 spiro atoms. The van der Waals surface area contributed by atoms with E-state index in [1.165, 1.54) is 16.8 Å². The van der Waals surface area contributed by atoms with Crippen molar-refractivity contribution in [1.29, 1.82) is 0 Å². The second-order valence-corrected chi connectivity index (χ2v) is 9.73. The maximum Gasteiger partial charge on any atom is 0.227 e. The highest BCUT2D eigenvalue weighted by Crippen LogP contribution is 2.30. The number of nitrogens with zero attached hydrogens (tertiary/aromatic N) is 5. The zero-order chi connectivity index (χ0) is 24.3. The van der Waals surface area contributed by atoms with Gasteiger partial charge in [-0.1, -0.05) is 30.3 Å². The zero-order valence-electron chi connectivity index (χ0n) is 20.7. The minimum Gasteiger partial charge on any atom is -0.459 e. The Bertz CT molecular complexity index is 1300. The van der Waals surface area contributed by atoms with E-state index in [1.54, 1.807) is 6.20 Å². The van der Waals surface area contributed by atoms with Crippen LogP contribution in [-0.4, -0.2) is 59.5 Å². The fourth-order valence-corrected chi connectivity index (χ4v) is 5.00. The van der Waals surface area contributed by atoms with Crippen LogP contribution < -0.4 is 10.2 Å². The first-order valence-corrected chi connectivity index (χ1v) is 12.7. The summed E-state index contributed by atoms with van der Waals surface area (Å²) in [6.07, 6.45) is 2.70. The smallest absolute Gasteiger partial charge is 0.227 e. The molecule has 0 amide bonds. The summed E-state index contributed by atoms with van der Waals surface area (Å²) in [5.41, 5.74) is 5.62.